The lowest BCUT2D eigenvalue weighted by Crippen LogP contribution is -1.99. The fourth-order valence-electron chi connectivity index (χ4n) is 2.40. The minimum atomic E-state index is -0.283. The van der Waals surface area contributed by atoms with E-state index in [4.69, 9.17) is 4.42 Å². The quantitative estimate of drug-likeness (QED) is 0.575. The Balaban J connectivity index is 2.12. The number of aliphatic hydroxyl groups excluding tert-OH is 1. The molecule has 1 N–H and O–H groups in total. The maximum atomic E-state index is 11.6. The average Bonchev–Trinajstić information content (AvgIpc) is 2.89. The van der Waals surface area contributed by atoms with Crippen molar-refractivity contribution in [1.29, 1.82) is 0 Å². The number of hydrogen-bond acceptors (Lipinski definition) is 4. The van der Waals surface area contributed by atoms with E-state index < -0.39 is 0 Å². The Hall–Kier alpha value is -2.88. The molecule has 4 nitrogen and oxygen atoms in total. The number of allylic oxidation sites excluding steroid dienone is 2. The van der Waals surface area contributed by atoms with Crippen LogP contribution < -0.4 is 0 Å². The smallest absolute Gasteiger partial charge is 0.234 e. The van der Waals surface area contributed by atoms with E-state index in [1.807, 2.05) is 48.5 Å². The molecule has 0 spiro atoms. The van der Waals surface area contributed by atoms with Crippen molar-refractivity contribution in [3.05, 3.63) is 60.2 Å². The molecule has 4 heteroatoms. The van der Waals surface area contributed by atoms with Gasteiger partial charge < -0.3 is 9.52 Å². The molecule has 0 aliphatic rings. The number of ketones is 1. The zero-order valence-electron chi connectivity index (χ0n) is 12.3. The standard InChI is InChI=1S/C18H15NO3/c1-11(20)17(12(2)21)18-19-15-10-14(8-9-16(15)22-18)13-6-4-3-5-7-13/h3-10,20H,1-2H3/b17-11+. The summed E-state index contributed by atoms with van der Waals surface area (Å²) in [6.45, 7) is 2.82. The molecule has 3 aromatic rings. The number of carbonyl (C=O) groups is 1. The molecule has 0 unspecified atom stereocenters. The topological polar surface area (TPSA) is 63.3 Å². The van der Waals surface area contributed by atoms with E-state index in [9.17, 15) is 9.90 Å². The van der Waals surface area contributed by atoms with Gasteiger partial charge in [-0.05, 0) is 37.1 Å². The van der Waals surface area contributed by atoms with Crippen LogP contribution in [0.1, 0.15) is 19.7 Å². The average molecular weight is 293 g/mol. The second-order valence-electron chi connectivity index (χ2n) is 5.08. The maximum Gasteiger partial charge on any atom is 0.234 e. The van der Waals surface area contributed by atoms with Gasteiger partial charge in [-0.3, -0.25) is 4.79 Å². The molecule has 0 fully saturated rings. The molecule has 2 aromatic carbocycles. The van der Waals surface area contributed by atoms with E-state index in [0.717, 1.165) is 11.1 Å². The number of hydrogen-bond donors (Lipinski definition) is 1. The van der Waals surface area contributed by atoms with Crippen LogP contribution in [0.2, 0.25) is 0 Å². The summed E-state index contributed by atoms with van der Waals surface area (Å²) in [6, 6.07) is 15.6. The zero-order valence-corrected chi connectivity index (χ0v) is 12.3. The predicted octanol–water partition coefficient (Wildman–Crippen LogP) is 4.37. The van der Waals surface area contributed by atoms with E-state index in [1.165, 1.54) is 13.8 Å². The van der Waals surface area contributed by atoms with E-state index in [2.05, 4.69) is 4.98 Å². The Morgan fingerprint density at radius 2 is 1.77 bits per heavy atom. The Bertz CT molecular complexity index is 872. The van der Waals surface area contributed by atoms with E-state index >= 15 is 0 Å². The highest BCUT2D eigenvalue weighted by Gasteiger charge is 2.18. The Morgan fingerprint density at radius 3 is 2.41 bits per heavy atom. The van der Waals surface area contributed by atoms with Crippen molar-refractivity contribution in [1.82, 2.24) is 4.98 Å². The molecule has 3 rings (SSSR count). The molecule has 0 atom stereocenters. The molecule has 0 aliphatic heterocycles. The molecular formula is C18H15NO3. The molecule has 0 aliphatic carbocycles. The summed E-state index contributed by atoms with van der Waals surface area (Å²) in [5.74, 6) is -0.232. The van der Waals surface area contributed by atoms with Crippen LogP contribution in [0.3, 0.4) is 0 Å². The highest BCUT2D eigenvalue weighted by molar-refractivity contribution is 6.19. The lowest BCUT2D eigenvalue weighted by molar-refractivity contribution is -0.112. The van der Waals surface area contributed by atoms with Crippen molar-refractivity contribution in [3.8, 4) is 11.1 Å². The minimum absolute atomic E-state index is 0.0951. The minimum Gasteiger partial charge on any atom is -0.512 e. The van der Waals surface area contributed by atoms with Crippen LogP contribution in [0.15, 0.2) is 58.7 Å². The predicted molar refractivity (Wildman–Crippen MR) is 85.3 cm³/mol. The number of rotatable bonds is 3. The van der Waals surface area contributed by atoms with Gasteiger partial charge in [0.25, 0.3) is 0 Å². The van der Waals surface area contributed by atoms with Gasteiger partial charge in [-0.15, -0.1) is 0 Å². The number of Topliss-reactive ketones (excluding diaryl/α,β-unsaturated/α-hetero) is 1. The summed E-state index contributed by atoms with van der Waals surface area (Å²) in [6.07, 6.45) is 0. The number of aromatic nitrogens is 1. The second kappa shape index (κ2) is 5.48. The summed E-state index contributed by atoms with van der Waals surface area (Å²) in [5, 5.41) is 9.65. The number of aliphatic hydroxyl groups is 1. The summed E-state index contributed by atoms with van der Waals surface area (Å²) in [4.78, 5) is 16.0. The van der Waals surface area contributed by atoms with Gasteiger partial charge in [0.15, 0.2) is 11.4 Å². The molecule has 0 amide bonds. The van der Waals surface area contributed by atoms with Crippen LogP contribution in [0.25, 0.3) is 27.8 Å². The van der Waals surface area contributed by atoms with Gasteiger partial charge in [-0.25, -0.2) is 4.98 Å². The third-order valence-electron chi connectivity index (χ3n) is 3.42. The summed E-state index contributed by atoms with van der Waals surface area (Å²) in [7, 11) is 0. The van der Waals surface area contributed by atoms with Crippen LogP contribution in [0.4, 0.5) is 0 Å². The van der Waals surface area contributed by atoms with Crippen molar-refractivity contribution in [3.63, 3.8) is 0 Å². The normalized spacial score (nSPS) is 12.3. The van der Waals surface area contributed by atoms with Crippen LogP contribution in [-0.2, 0) is 4.79 Å². The van der Waals surface area contributed by atoms with Gasteiger partial charge in [0, 0.05) is 0 Å². The highest BCUT2D eigenvalue weighted by Crippen LogP contribution is 2.27. The first kappa shape index (κ1) is 14.1. The largest absolute Gasteiger partial charge is 0.512 e. The Labute approximate surface area is 127 Å². The Kier molecular flexibility index (Phi) is 3.51. The maximum absolute atomic E-state index is 11.6. The van der Waals surface area contributed by atoms with E-state index in [-0.39, 0.29) is 23.0 Å². The number of oxazole rings is 1. The first-order valence-corrected chi connectivity index (χ1v) is 6.93. The molecule has 0 bridgehead atoms. The molecular weight excluding hydrogens is 278 g/mol. The number of nitrogens with zero attached hydrogens (tertiary/aromatic N) is 1. The molecule has 0 radical (unpaired) electrons. The monoisotopic (exact) mass is 293 g/mol. The van der Waals surface area contributed by atoms with E-state index in [0.29, 0.717) is 11.1 Å². The van der Waals surface area contributed by atoms with Gasteiger partial charge in [0.05, 0.1) is 0 Å². The van der Waals surface area contributed by atoms with Gasteiger partial charge in [-0.2, -0.15) is 0 Å². The zero-order chi connectivity index (χ0) is 15.7. The highest BCUT2D eigenvalue weighted by atomic mass is 16.4. The molecule has 110 valence electrons. The molecule has 0 saturated carbocycles. The molecule has 1 heterocycles. The Morgan fingerprint density at radius 1 is 1.05 bits per heavy atom. The van der Waals surface area contributed by atoms with Crippen LogP contribution in [-0.4, -0.2) is 15.9 Å². The van der Waals surface area contributed by atoms with Gasteiger partial charge in [0.1, 0.15) is 16.8 Å². The van der Waals surface area contributed by atoms with E-state index in [1.54, 1.807) is 0 Å². The van der Waals surface area contributed by atoms with Crippen molar-refractivity contribution < 1.29 is 14.3 Å². The number of carbonyl (C=O) groups excluding carboxylic acids is 1. The van der Waals surface area contributed by atoms with Crippen LogP contribution >= 0.6 is 0 Å². The van der Waals surface area contributed by atoms with Crippen molar-refractivity contribution in [2.24, 2.45) is 0 Å². The number of fused-ring (bicyclic) bond motifs is 1. The van der Waals surface area contributed by atoms with Gasteiger partial charge >= 0.3 is 0 Å². The first-order valence-electron chi connectivity index (χ1n) is 6.93. The fraction of sp³-hybridized carbons (Fsp3) is 0.111. The molecule has 1 aromatic heterocycles. The van der Waals surface area contributed by atoms with Gasteiger partial charge in [0.2, 0.25) is 5.89 Å². The first-order chi connectivity index (χ1) is 10.6. The lowest BCUT2D eigenvalue weighted by atomic mass is 10.1. The second-order valence-corrected chi connectivity index (χ2v) is 5.08. The fourth-order valence-corrected chi connectivity index (χ4v) is 2.40. The summed E-state index contributed by atoms with van der Waals surface area (Å²) in [5.41, 5.74) is 3.43. The van der Waals surface area contributed by atoms with Crippen molar-refractivity contribution in [2.75, 3.05) is 0 Å². The van der Waals surface area contributed by atoms with Crippen LogP contribution in [0.5, 0.6) is 0 Å². The summed E-state index contributed by atoms with van der Waals surface area (Å²) < 4.78 is 5.59. The SMILES string of the molecule is CC(=O)/C(=C(/C)O)c1nc2cc(-c3ccccc3)ccc2o1. The van der Waals surface area contributed by atoms with Gasteiger partial charge in [-0.1, -0.05) is 36.4 Å². The third kappa shape index (κ3) is 2.51. The van der Waals surface area contributed by atoms with Crippen molar-refractivity contribution >= 4 is 22.5 Å². The van der Waals surface area contributed by atoms with Crippen molar-refractivity contribution in [2.45, 2.75) is 13.8 Å². The summed E-state index contributed by atoms with van der Waals surface area (Å²) >= 11 is 0. The third-order valence-corrected chi connectivity index (χ3v) is 3.42. The van der Waals surface area contributed by atoms with Crippen LogP contribution in [0, 0.1) is 0 Å². The number of benzene rings is 2. The lowest BCUT2D eigenvalue weighted by Gasteiger charge is -1.99. The molecule has 0 saturated heterocycles. The molecule has 22 heavy (non-hydrogen) atoms.